The van der Waals surface area contributed by atoms with E-state index >= 15 is 0 Å². The van der Waals surface area contributed by atoms with Crippen LogP contribution >= 0.6 is 0 Å². The summed E-state index contributed by atoms with van der Waals surface area (Å²) in [6.07, 6.45) is 1.07. The molecule has 2 aromatic carbocycles. The molecule has 1 aliphatic rings. The molecule has 4 rings (SSSR count). The minimum atomic E-state index is -0.453. The smallest absolute Gasteiger partial charge is 0.247 e. The average molecular weight is 390 g/mol. The van der Waals surface area contributed by atoms with Crippen molar-refractivity contribution in [1.29, 1.82) is 0 Å². The van der Waals surface area contributed by atoms with Crippen molar-refractivity contribution < 1.29 is 9.32 Å². The molecule has 1 atom stereocenters. The van der Waals surface area contributed by atoms with Crippen molar-refractivity contribution in [3.8, 4) is 0 Å². The molecule has 0 radical (unpaired) electrons. The third-order valence-electron chi connectivity index (χ3n) is 5.26. The van der Waals surface area contributed by atoms with Gasteiger partial charge in [0.15, 0.2) is 5.82 Å². The summed E-state index contributed by atoms with van der Waals surface area (Å²) < 4.78 is 5.05. The first-order valence-corrected chi connectivity index (χ1v) is 10.0. The molecule has 2 heterocycles. The Morgan fingerprint density at radius 3 is 2.66 bits per heavy atom. The first kappa shape index (κ1) is 19.4. The van der Waals surface area contributed by atoms with E-state index in [1.165, 1.54) is 11.1 Å². The maximum absolute atomic E-state index is 12.9. The van der Waals surface area contributed by atoms with Gasteiger partial charge in [-0.15, -0.1) is 0 Å². The average Bonchev–Trinajstić information content (AvgIpc) is 3.16. The van der Waals surface area contributed by atoms with E-state index in [-0.39, 0.29) is 5.91 Å². The quantitative estimate of drug-likeness (QED) is 0.648. The van der Waals surface area contributed by atoms with Crippen LogP contribution in [0.2, 0.25) is 0 Å². The van der Waals surface area contributed by atoms with Crippen LogP contribution in [0.4, 0.5) is 5.82 Å². The largest absolute Gasteiger partial charge is 0.360 e. The number of rotatable bonds is 7. The number of amides is 1. The monoisotopic (exact) mass is 390 g/mol. The maximum atomic E-state index is 12.9. The fraction of sp³-hybridized carbons (Fsp3) is 0.304. The number of aryl methyl sites for hydroxylation is 1. The van der Waals surface area contributed by atoms with Crippen LogP contribution in [-0.4, -0.2) is 35.6 Å². The number of aromatic nitrogens is 1. The lowest BCUT2D eigenvalue weighted by molar-refractivity contribution is -0.118. The number of hydrogen-bond donors (Lipinski definition) is 2. The number of fused-ring (bicyclic) bond motifs is 1. The van der Waals surface area contributed by atoms with E-state index in [4.69, 9.17) is 4.52 Å². The van der Waals surface area contributed by atoms with E-state index in [1.54, 1.807) is 13.0 Å². The highest BCUT2D eigenvalue weighted by atomic mass is 16.5. The molecular weight excluding hydrogens is 364 g/mol. The molecule has 150 valence electrons. The molecule has 3 aromatic rings. The standard InChI is InChI=1S/C23H26N4O2/c1-17-15-21(26-29-17)25-23(28)22(19-8-3-2-4-9-19)24-12-14-27-13-11-18-7-5-6-10-20(18)16-27/h2-10,15,22,24H,11-14,16H2,1H3,(H,25,26,28). The fourth-order valence-corrected chi connectivity index (χ4v) is 3.74. The summed E-state index contributed by atoms with van der Waals surface area (Å²) in [7, 11) is 0. The minimum absolute atomic E-state index is 0.145. The molecule has 29 heavy (non-hydrogen) atoms. The third-order valence-corrected chi connectivity index (χ3v) is 5.26. The second-order valence-corrected chi connectivity index (χ2v) is 7.40. The Balaban J connectivity index is 1.38. The van der Waals surface area contributed by atoms with Gasteiger partial charge in [0.25, 0.3) is 0 Å². The Morgan fingerprint density at radius 1 is 1.14 bits per heavy atom. The summed E-state index contributed by atoms with van der Waals surface area (Å²) in [6.45, 7) is 5.39. The molecule has 1 aliphatic heterocycles. The maximum Gasteiger partial charge on any atom is 0.247 e. The van der Waals surface area contributed by atoms with E-state index in [0.717, 1.165) is 31.6 Å². The lowest BCUT2D eigenvalue weighted by Gasteiger charge is -2.29. The van der Waals surface area contributed by atoms with E-state index in [1.807, 2.05) is 30.3 Å². The highest BCUT2D eigenvalue weighted by Gasteiger charge is 2.22. The number of carbonyl (C=O) groups is 1. The Bertz CT molecular complexity index is 954. The van der Waals surface area contributed by atoms with E-state index in [2.05, 4.69) is 45.0 Å². The van der Waals surface area contributed by atoms with Crippen molar-refractivity contribution in [1.82, 2.24) is 15.4 Å². The molecule has 6 nitrogen and oxygen atoms in total. The SMILES string of the molecule is Cc1cc(NC(=O)C(NCCN2CCc3ccccc3C2)c2ccccc2)no1. The summed E-state index contributed by atoms with van der Waals surface area (Å²) >= 11 is 0. The Kier molecular flexibility index (Phi) is 6.03. The van der Waals surface area contributed by atoms with E-state index in [9.17, 15) is 4.79 Å². The van der Waals surface area contributed by atoms with Gasteiger partial charge in [0.1, 0.15) is 11.8 Å². The Labute approximate surface area is 170 Å². The Hall–Kier alpha value is -2.96. The number of nitrogens with one attached hydrogen (secondary N) is 2. The molecular formula is C23H26N4O2. The van der Waals surface area contributed by atoms with Crippen LogP contribution in [-0.2, 0) is 17.8 Å². The fourth-order valence-electron chi connectivity index (χ4n) is 3.74. The molecule has 0 saturated carbocycles. The molecule has 0 spiro atoms. The van der Waals surface area contributed by atoms with E-state index < -0.39 is 6.04 Å². The molecule has 2 N–H and O–H groups in total. The molecule has 1 amide bonds. The summed E-state index contributed by atoms with van der Waals surface area (Å²) in [5.41, 5.74) is 3.77. The molecule has 0 bridgehead atoms. The molecule has 0 aliphatic carbocycles. The number of anilines is 1. The van der Waals surface area contributed by atoms with Crippen molar-refractivity contribution in [2.45, 2.75) is 25.9 Å². The summed E-state index contributed by atoms with van der Waals surface area (Å²) in [4.78, 5) is 15.3. The zero-order chi connectivity index (χ0) is 20.1. The summed E-state index contributed by atoms with van der Waals surface area (Å²) in [5.74, 6) is 0.950. The van der Waals surface area contributed by atoms with Crippen LogP contribution in [0.3, 0.4) is 0 Å². The summed E-state index contributed by atoms with van der Waals surface area (Å²) in [6, 6.07) is 19.6. The van der Waals surface area contributed by atoms with Gasteiger partial charge in [0.2, 0.25) is 5.91 Å². The zero-order valence-electron chi connectivity index (χ0n) is 16.6. The highest BCUT2D eigenvalue weighted by Crippen LogP contribution is 2.19. The van der Waals surface area contributed by atoms with Gasteiger partial charge in [-0.2, -0.15) is 0 Å². The van der Waals surface area contributed by atoms with Gasteiger partial charge in [0.05, 0.1) is 0 Å². The molecule has 1 aromatic heterocycles. The van der Waals surface area contributed by atoms with Crippen molar-refractivity contribution >= 4 is 11.7 Å². The van der Waals surface area contributed by atoms with Gasteiger partial charge in [-0.05, 0) is 30.0 Å². The summed E-state index contributed by atoms with van der Waals surface area (Å²) in [5, 5.41) is 10.1. The predicted octanol–water partition coefficient (Wildman–Crippen LogP) is 3.31. The zero-order valence-corrected chi connectivity index (χ0v) is 16.6. The number of carbonyl (C=O) groups excluding carboxylic acids is 1. The highest BCUT2D eigenvalue weighted by molar-refractivity contribution is 5.94. The first-order chi connectivity index (χ1) is 14.2. The second-order valence-electron chi connectivity index (χ2n) is 7.40. The van der Waals surface area contributed by atoms with Gasteiger partial charge >= 0.3 is 0 Å². The van der Waals surface area contributed by atoms with Crippen molar-refractivity contribution in [2.75, 3.05) is 25.0 Å². The molecule has 0 saturated heterocycles. The topological polar surface area (TPSA) is 70.4 Å². The first-order valence-electron chi connectivity index (χ1n) is 10.0. The minimum Gasteiger partial charge on any atom is -0.360 e. The lowest BCUT2D eigenvalue weighted by Crippen LogP contribution is -2.40. The van der Waals surface area contributed by atoms with Crippen LogP contribution < -0.4 is 10.6 Å². The predicted molar refractivity (Wildman–Crippen MR) is 112 cm³/mol. The van der Waals surface area contributed by atoms with Gasteiger partial charge in [0, 0.05) is 32.2 Å². The van der Waals surface area contributed by atoms with Crippen LogP contribution in [0, 0.1) is 6.92 Å². The van der Waals surface area contributed by atoms with E-state index in [0.29, 0.717) is 18.1 Å². The van der Waals surface area contributed by atoms with Gasteiger partial charge in [-0.1, -0.05) is 59.8 Å². The van der Waals surface area contributed by atoms with Crippen molar-refractivity contribution in [3.05, 3.63) is 83.1 Å². The molecule has 0 fully saturated rings. The van der Waals surface area contributed by atoms with Gasteiger partial charge in [-0.25, -0.2) is 0 Å². The van der Waals surface area contributed by atoms with Crippen molar-refractivity contribution in [3.63, 3.8) is 0 Å². The van der Waals surface area contributed by atoms with Gasteiger partial charge in [-0.3, -0.25) is 9.69 Å². The number of benzene rings is 2. The second kappa shape index (κ2) is 9.03. The normalized spacial score (nSPS) is 14.9. The van der Waals surface area contributed by atoms with Gasteiger partial charge < -0.3 is 15.2 Å². The molecule has 1 unspecified atom stereocenters. The van der Waals surface area contributed by atoms with Crippen molar-refractivity contribution in [2.24, 2.45) is 0 Å². The molecule has 6 heteroatoms. The van der Waals surface area contributed by atoms with Crippen LogP contribution in [0.5, 0.6) is 0 Å². The van der Waals surface area contributed by atoms with Crippen LogP contribution in [0.25, 0.3) is 0 Å². The third kappa shape index (κ3) is 4.91. The van der Waals surface area contributed by atoms with Crippen LogP contribution in [0.15, 0.2) is 65.2 Å². The number of nitrogens with zero attached hydrogens (tertiary/aromatic N) is 2. The Morgan fingerprint density at radius 2 is 1.90 bits per heavy atom. The number of hydrogen-bond acceptors (Lipinski definition) is 5. The van der Waals surface area contributed by atoms with Crippen LogP contribution in [0.1, 0.15) is 28.5 Å². The lowest BCUT2D eigenvalue weighted by atomic mass is 10.00.